The van der Waals surface area contributed by atoms with Gasteiger partial charge in [0.1, 0.15) is 11.5 Å². The quantitative estimate of drug-likeness (QED) is 0.765. The van der Waals surface area contributed by atoms with E-state index in [-0.39, 0.29) is 0 Å². The van der Waals surface area contributed by atoms with Crippen molar-refractivity contribution in [3.8, 4) is 11.5 Å². The maximum absolute atomic E-state index is 9.84. The Morgan fingerprint density at radius 3 is 2.60 bits per heavy atom. The number of rotatable bonds is 5. The molecule has 4 heteroatoms. The molecule has 1 rings (SSSR count). The first kappa shape index (κ1) is 11.8. The van der Waals surface area contributed by atoms with Gasteiger partial charge < -0.3 is 20.3 Å². The van der Waals surface area contributed by atoms with Gasteiger partial charge in [-0.05, 0) is 31.2 Å². The molecule has 0 bridgehead atoms. The van der Waals surface area contributed by atoms with Crippen LogP contribution in [0.5, 0.6) is 11.5 Å². The summed E-state index contributed by atoms with van der Waals surface area (Å²) < 4.78 is 10.2. The summed E-state index contributed by atoms with van der Waals surface area (Å²) in [5.41, 5.74) is 6.11. The van der Waals surface area contributed by atoms with Crippen LogP contribution in [-0.4, -0.2) is 25.9 Å². The van der Waals surface area contributed by atoms with Crippen LogP contribution in [-0.2, 0) is 0 Å². The van der Waals surface area contributed by atoms with Crippen LogP contribution in [0.1, 0.15) is 18.1 Å². The molecule has 84 valence electrons. The SMILES string of the molecule is COc1ccc(OC)c([C@H](O)CCN)c1. The van der Waals surface area contributed by atoms with Gasteiger partial charge >= 0.3 is 0 Å². The lowest BCUT2D eigenvalue weighted by molar-refractivity contribution is 0.165. The van der Waals surface area contributed by atoms with Crippen molar-refractivity contribution in [3.05, 3.63) is 23.8 Å². The lowest BCUT2D eigenvalue weighted by Gasteiger charge is -2.15. The second-order valence-electron chi connectivity index (χ2n) is 3.20. The fourth-order valence-corrected chi connectivity index (χ4v) is 1.41. The number of nitrogens with two attached hydrogens (primary N) is 1. The van der Waals surface area contributed by atoms with E-state index >= 15 is 0 Å². The topological polar surface area (TPSA) is 64.7 Å². The van der Waals surface area contributed by atoms with Gasteiger partial charge in [-0.3, -0.25) is 0 Å². The molecule has 0 spiro atoms. The highest BCUT2D eigenvalue weighted by molar-refractivity contribution is 5.41. The van der Waals surface area contributed by atoms with Gasteiger partial charge in [-0.15, -0.1) is 0 Å². The molecular formula is C11H17NO3. The third-order valence-electron chi connectivity index (χ3n) is 2.24. The van der Waals surface area contributed by atoms with Gasteiger partial charge in [-0.25, -0.2) is 0 Å². The summed E-state index contributed by atoms with van der Waals surface area (Å²) in [7, 11) is 3.15. The van der Waals surface area contributed by atoms with Crippen molar-refractivity contribution in [2.24, 2.45) is 5.73 Å². The number of hydrogen-bond acceptors (Lipinski definition) is 4. The Balaban J connectivity index is 3.00. The van der Waals surface area contributed by atoms with Crippen LogP contribution >= 0.6 is 0 Å². The number of hydrogen-bond donors (Lipinski definition) is 2. The van der Waals surface area contributed by atoms with Crippen molar-refractivity contribution in [1.29, 1.82) is 0 Å². The van der Waals surface area contributed by atoms with E-state index in [1.165, 1.54) is 0 Å². The third kappa shape index (κ3) is 2.84. The van der Waals surface area contributed by atoms with Gasteiger partial charge in [-0.2, -0.15) is 0 Å². The van der Waals surface area contributed by atoms with Crippen LogP contribution in [0.2, 0.25) is 0 Å². The average Bonchev–Trinajstić information content (AvgIpc) is 2.28. The Kier molecular flexibility index (Phi) is 4.39. The van der Waals surface area contributed by atoms with Crippen LogP contribution < -0.4 is 15.2 Å². The van der Waals surface area contributed by atoms with Crippen LogP contribution in [0.15, 0.2) is 18.2 Å². The van der Waals surface area contributed by atoms with E-state index in [4.69, 9.17) is 15.2 Å². The van der Waals surface area contributed by atoms with Crippen LogP contribution in [0.4, 0.5) is 0 Å². The van der Waals surface area contributed by atoms with E-state index in [0.717, 1.165) is 0 Å². The fraction of sp³-hybridized carbons (Fsp3) is 0.455. The predicted octanol–water partition coefficient (Wildman–Crippen LogP) is 1.09. The molecule has 3 N–H and O–H groups in total. The van der Waals surface area contributed by atoms with Crippen LogP contribution in [0.3, 0.4) is 0 Å². The van der Waals surface area contributed by atoms with Crippen LogP contribution in [0.25, 0.3) is 0 Å². The molecule has 0 radical (unpaired) electrons. The number of aliphatic hydroxyl groups is 1. The minimum Gasteiger partial charge on any atom is -0.497 e. The van der Waals surface area contributed by atoms with Gasteiger partial charge in [0.05, 0.1) is 20.3 Å². The van der Waals surface area contributed by atoms with Crippen molar-refractivity contribution in [1.82, 2.24) is 0 Å². The van der Waals surface area contributed by atoms with Gasteiger partial charge in [-0.1, -0.05) is 0 Å². The lowest BCUT2D eigenvalue weighted by atomic mass is 10.1. The van der Waals surface area contributed by atoms with Crippen LogP contribution in [0, 0.1) is 0 Å². The summed E-state index contributed by atoms with van der Waals surface area (Å²) in [6.07, 6.45) is -0.108. The van der Waals surface area contributed by atoms with Crippen molar-refractivity contribution in [2.45, 2.75) is 12.5 Å². The first-order valence-electron chi connectivity index (χ1n) is 4.83. The number of ether oxygens (including phenoxy) is 2. The van der Waals surface area contributed by atoms with Gasteiger partial charge in [0.2, 0.25) is 0 Å². The van der Waals surface area contributed by atoms with E-state index in [9.17, 15) is 5.11 Å². The average molecular weight is 211 g/mol. The Labute approximate surface area is 89.6 Å². The molecule has 0 amide bonds. The molecule has 1 aromatic rings. The molecule has 0 aliphatic carbocycles. The molecule has 15 heavy (non-hydrogen) atoms. The molecule has 0 aliphatic heterocycles. The summed E-state index contributed by atoms with van der Waals surface area (Å²) in [4.78, 5) is 0. The molecule has 1 atom stereocenters. The summed E-state index contributed by atoms with van der Waals surface area (Å²) in [6.45, 7) is 0.432. The summed E-state index contributed by atoms with van der Waals surface area (Å²) >= 11 is 0. The summed E-state index contributed by atoms with van der Waals surface area (Å²) in [6, 6.07) is 5.32. The normalized spacial score (nSPS) is 12.3. The van der Waals surface area contributed by atoms with Crippen molar-refractivity contribution < 1.29 is 14.6 Å². The van der Waals surface area contributed by atoms with Crippen molar-refractivity contribution >= 4 is 0 Å². The summed E-state index contributed by atoms with van der Waals surface area (Å²) in [5.74, 6) is 1.35. The highest BCUT2D eigenvalue weighted by atomic mass is 16.5. The Hall–Kier alpha value is -1.26. The maximum atomic E-state index is 9.84. The zero-order valence-corrected chi connectivity index (χ0v) is 9.06. The lowest BCUT2D eigenvalue weighted by Crippen LogP contribution is -2.08. The molecular weight excluding hydrogens is 194 g/mol. The fourth-order valence-electron chi connectivity index (χ4n) is 1.41. The van der Waals surface area contributed by atoms with E-state index in [1.54, 1.807) is 32.4 Å². The molecule has 0 saturated heterocycles. The molecule has 0 aromatic heterocycles. The maximum Gasteiger partial charge on any atom is 0.124 e. The Morgan fingerprint density at radius 2 is 2.07 bits per heavy atom. The smallest absolute Gasteiger partial charge is 0.124 e. The first-order chi connectivity index (χ1) is 7.22. The van der Waals surface area contributed by atoms with Crippen molar-refractivity contribution in [3.63, 3.8) is 0 Å². The summed E-state index contributed by atoms with van der Waals surface area (Å²) in [5, 5.41) is 9.84. The second kappa shape index (κ2) is 5.58. The molecule has 0 saturated carbocycles. The van der Waals surface area contributed by atoms with E-state index < -0.39 is 6.10 Å². The second-order valence-corrected chi connectivity index (χ2v) is 3.20. The Morgan fingerprint density at radius 1 is 1.33 bits per heavy atom. The molecule has 0 aliphatic rings. The van der Waals surface area contributed by atoms with Crippen molar-refractivity contribution in [2.75, 3.05) is 20.8 Å². The number of aliphatic hydroxyl groups excluding tert-OH is 1. The molecule has 0 heterocycles. The zero-order valence-electron chi connectivity index (χ0n) is 9.06. The number of methoxy groups -OCH3 is 2. The molecule has 0 fully saturated rings. The van der Waals surface area contributed by atoms with E-state index in [2.05, 4.69) is 0 Å². The largest absolute Gasteiger partial charge is 0.497 e. The highest BCUT2D eigenvalue weighted by Crippen LogP contribution is 2.30. The Bertz CT molecular complexity index is 315. The predicted molar refractivity (Wildman–Crippen MR) is 58.2 cm³/mol. The standard InChI is InChI=1S/C11H17NO3/c1-14-8-3-4-11(15-2)9(7-8)10(13)5-6-12/h3-4,7,10,13H,5-6,12H2,1-2H3/t10-/m1/s1. The van der Waals surface area contributed by atoms with E-state index in [1.807, 2.05) is 0 Å². The highest BCUT2D eigenvalue weighted by Gasteiger charge is 2.13. The van der Waals surface area contributed by atoms with Gasteiger partial charge in [0.15, 0.2) is 0 Å². The zero-order chi connectivity index (χ0) is 11.3. The molecule has 0 unspecified atom stereocenters. The molecule has 4 nitrogen and oxygen atoms in total. The monoisotopic (exact) mass is 211 g/mol. The first-order valence-corrected chi connectivity index (χ1v) is 4.83. The van der Waals surface area contributed by atoms with Gasteiger partial charge in [0, 0.05) is 5.56 Å². The number of benzene rings is 1. The third-order valence-corrected chi connectivity index (χ3v) is 2.24. The minimum absolute atomic E-state index is 0.432. The van der Waals surface area contributed by atoms with Gasteiger partial charge in [0.25, 0.3) is 0 Å². The molecule has 1 aromatic carbocycles. The minimum atomic E-state index is -0.611. The van der Waals surface area contributed by atoms with E-state index in [0.29, 0.717) is 30.0 Å².